The Hall–Kier alpha value is -3.15. The fourth-order valence-corrected chi connectivity index (χ4v) is 3.00. The standard InChI is InChI=1S/C19H17N3O3/c1-11-18(12(2)25-22-11)19(23)21-17-5-3-4-15(20-17)13-6-7-16-14(10-13)8-9-24-16/h3-7,10H,8-9H2,1-2H3,(H,20,21,23). The van der Waals surface area contributed by atoms with Crippen molar-refractivity contribution in [2.75, 3.05) is 11.9 Å². The molecule has 1 amide bonds. The van der Waals surface area contributed by atoms with E-state index in [1.54, 1.807) is 19.9 Å². The van der Waals surface area contributed by atoms with Gasteiger partial charge in [-0.3, -0.25) is 4.79 Å². The van der Waals surface area contributed by atoms with Crippen LogP contribution in [0.15, 0.2) is 40.9 Å². The predicted octanol–water partition coefficient (Wildman–Crippen LogP) is 3.54. The van der Waals surface area contributed by atoms with E-state index < -0.39 is 0 Å². The fourth-order valence-electron chi connectivity index (χ4n) is 3.00. The van der Waals surface area contributed by atoms with Crippen LogP contribution in [0, 0.1) is 13.8 Å². The molecule has 3 aromatic rings. The van der Waals surface area contributed by atoms with Gasteiger partial charge in [0.05, 0.1) is 18.0 Å². The van der Waals surface area contributed by atoms with Crippen LogP contribution in [-0.4, -0.2) is 22.7 Å². The number of hydrogen-bond acceptors (Lipinski definition) is 5. The molecule has 126 valence electrons. The molecule has 0 aliphatic carbocycles. The Labute approximate surface area is 144 Å². The molecule has 4 rings (SSSR count). The highest BCUT2D eigenvalue weighted by Crippen LogP contribution is 2.30. The lowest BCUT2D eigenvalue weighted by atomic mass is 10.1. The van der Waals surface area contributed by atoms with Crippen molar-refractivity contribution in [2.45, 2.75) is 20.3 Å². The molecule has 1 aromatic carbocycles. The predicted molar refractivity (Wildman–Crippen MR) is 92.8 cm³/mol. The van der Waals surface area contributed by atoms with Gasteiger partial charge in [0.15, 0.2) is 0 Å². The summed E-state index contributed by atoms with van der Waals surface area (Å²) in [6, 6.07) is 11.6. The molecule has 0 fully saturated rings. The van der Waals surface area contributed by atoms with Gasteiger partial charge >= 0.3 is 0 Å². The van der Waals surface area contributed by atoms with Gasteiger partial charge in [-0.1, -0.05) is 11.2 Å². The molecule has 0 spiro atoms. The number of aromatic nitrogens is 2. The zero-order valence-corrected chi connectivity index (χ0v) is 14.0. The molecule has 0 saturated heterocycles. The molecular formula is C19H17N3O3. The summed E-state index contributed by atoms with van der Waals surface area (Å²) in [4.78, 5) is 17.0. The monoisotopic (exact) mass is 335 g/mol. The van der Waals surface area contributed by atoms with Gasteiger partial charge in [-0.2, -0.15) is 0 Å². The van der Waals surface area contributed by atoms with Gasteiger partial charge in [0.2, 0.25) is 0 Å². The zero-order chi connectivity index (χ0) is 17.4. The van der Waals surface area contributed by atoms with Crippen LogP contribution in [0.1, 0.15) is 27.4 Å². The Kier molecular flexibility index (Phi) is 3.72. The molecule has 2 aromatic heterocycles. The van der Waals surface area contributed by atoms with Crippen LogP contribution in [0.5, 0.6) is 5.75 Å². The molecular weight excluding hydrogens is 318 g/mol. The van der Waals surface area contributed by atoms with Crippen molar-refractivity contribution < 1.29 is 14.1 Å². The van der Waals surface area contributed by atoms with E-state index in [0.29, 0.717) is 22.8 Å². The topological polar surface area (TPSA) is 77.2 Å². The smallest absolute Gasteiger partial charge is 0.262 e. The van der Waals surface area contributed by atoms with E-state index in [4.69, 9.17) is 9.26 Å². The van der Waals surface area contributed by atoms with Crippen molar-refractivity contribution in [3.8, 4) is 17.0 Å². The molecule has 25 heavy (non-hydrogen) atoms. The molecule has 0 radical (unpaired) electrons. The van der Waals surface area contributed by atoms with E-state index >= 15 is 0 Å². The van der Waals surface area contributed by atoms with Crippen LogP contribution in [0.25, 0.3) is 11.3 Å². The SMILES string of the molecule is Cc1noc(C)c1C(=O)Nc1cccc(-c2ccc3c(c2)CCO3)n1. The molecule has 0 bridgehead atoms. The molecule has 6 heteroatoms. The highest BCUT2D eigenvalue weighted by atomic mass is 16.5. The second-order valence-corrected chi connectivity index (χ2v) is 5.98. The number of ether oxygens (including phenoxy) is 1. The Morgan fingerprint density at radius 2 is 2.08 bits per heavy atom. The van der Waals surface area contributed by atoms with Gasteiger partial charge in [-0.15, -0.1) is 0 Å². The summed E-state index contributed by atoms with van der Waals surface area (Å²) in [6.45, 7) is 4.17. The van der Waals surface area contributed by atoms with E-state index in [9.17, 15) is 4.79 Å². The number of carbonyl (C=O) groups is 1. The average molecular weight is 335 g/mol. The maximum atomic E-state index is 12.5. The number of rotatable bonds is 3. The first kappa shape index (κ1) is 15.4. The van der Waals surface area contributed by atoms with Crippen molar-refractivity contribution >= 4 is 11.7 Å². The Morgan fingerprint density at radius 1 is 1.20 bits per heavy atom. The van der Waals surface area contributed by atoms with Crippen molar-refractivity contribution in [1.29, 1.82) is 0 Å². The summed E-state index contributed by atoms with van der Waals surface area (Å²) in [5.74, 6) is 1.64. The molecule has 0 saturated carbocycles. The second-order valence-electron chi connectivity index (χ2n) is 5.98. The summed E-state index contributed by atoms with van der Waals surface area (Å²) in [5, 5.41) is 6.62. The summed E-state index contributed by atoms with van der Waals surface area (Å²) < 4.78 is 10.6. The summed E-state index contributed by atoms with van der Waals surface area (Å²) >= 11 is 0. The summed E-state index contributed by atoms with van der Waals surface area (Å²) in [5.41, 5.74) is 3.99. The Morgan fingerprint density at radius 3 is 2.88 bits per heavy atom. The number of nitrogens with zero attached hydrogens (tertiary/aromatic N) is 2. The summed E-state index contributed by atoms with van der Waals surface area (Å²) in [6.07, 6.45) is 0.908. The third-order valence-electron chi connectivity index (χ3n) is 4.24. The molecule has 1 aliphatic heterocycles. The van der Waals surface area contributed by atoms with Crippen molar-refractivity contribution in [3.05, 3.63) is 59.0 Å². The van der Waals surface area contributed by atoms with Crippen LogP contribution >= 0.6 is 0 Å². The fraction of sp³-hybridized carbons (Fsp3) is 0.211. The number of amides is 1. The largest absolute Gasteiger partial charge is 0.493 e. The maximum Gasteiger partial charge on any atom is 0.262 e. The van der Waals surface area contributed by atoms with Crippen molar-refractivity contribution in [3.63, 3.8) is 0 Å². The van der Waals surface area contributed by atoms with Crippen LogP contribution in [0.4, 0.5) is 5.82 Å². The Bertz CT molecular complexity index is 943. The van der Waals surface area contributed by atoms with Gasteiger partial charge in [-0.25, -0.2) is 4.98 Å². The molecule has 3 heterocycles. The Balaban J connectivity index is 1.61. The number of pyridine rings is 1. The molecule has 6 nitrogen and oxygen atoms in total. The number of hydrogen-bond donors (Lipinski definition) is 1. The lowest BCUT2D eigenvalue weighted by molar-refractivity contribution is 0.102. The minimum absolute atomic E-state index is 0.275. The van der Waals surface area contributed by atoms with E-state index in [2.05, 4.69) is 21.5 Å². The number of carbonyl (C=O) groups excluding carboxylic acids is 1. The minimum Gasteiger partial charge on any atom is -0.493 e. The molecule has 1 N–H and O–H groups in total. The van der Waals surface area contributed by atoms with E-state index in [1.165, 1.54) is 5.56 Å². The number of aryl methyl sites for hydroxylation is 2. The second kappa shape index (κ2) is 6.05. The van der Waals surface area contributed by atoms with Crippen LogP contribution < -0.4 is 10.1 Å². The first-order valence-corrected chi connectivity index (χ1v) is 8.09. The van der Waals surface area contributed by atoms with Crippen molar-refractivity contribution in [1.82, 2.24) is 10.1 Å². The number of anilines is 1. The van der Waals surface area contributed by atoms with Crippen LogP contribution in [0.2, 0.25) is 0 Å². The highest BCUT2D eigenvalue weighted by Gasteiger charge is 2.18. The van der Waals surface area contributed by atoms with E-state index in [-0.39, 0.29) is 5.91 Å². The third kappa shape index (κ3) is 2.87. The van der Waals surface area contributed by atoms with Gasteiger partial charge < -0.3 is 14.6 Å². The summed E-state index contributed by atoms with van der Waals surface area (Å²) in [7, 11) is 0. The average Bonchev–Trinajstić information content (AvgIpc) is 3.20. The van der Waals surface area contributed by atoms with Crippen molar-refractivity contribution in [2.24, 2.45) is 0 Å². The normalized spacial score (nSPS) is 12.6. The maximum absolute atomic E-state index is 12.5. The van der Waals surface area contributed by atoms with Gasteiger partial charge in [0.25, 0.3) is 5.91 Å². The van der Waals surface area contributed by atoms with E-state index in [1.807, 2.05) is 24.3 Å². The molecule has 0 atom stereocenters. The number of benzene rings is 1. The first-order chi connectivity index (χ1) is 12.1. The quantitative estimate of drug-likeness (QED) is 0.792. The third-order valence-corrected chi connectivity index (χ3v) is 4.24. The first-order valence-electron chi connectivity index (χ1n) is 8.09. The number of nitrogens with one attached hydrogen (secondary N) is 1. The van der Waals surface area contributed by atoms with Crippen LogP contribution in [-0.2, 0) is 6.42 Å². The zero-order valence-electron chi connectivity index (χ0n) is 14.0. The highest BCUT2D eigenvalue weighted by molar-refractivity contribution is 6.05. The molecule has 1 aliphatic rings. The van der Waals surface area contributed by atoms with Gasteiger partial charge in [0, 0.05) is 12.0 Å². The van der Waals surface area contributed by atoms with E-state index in [0.717, 1.165) is 30.0 Å². The van der Waals surface area contributed by atoms with Gasteiger partial charge in [0.1, 0.15) is 22.9 Å². The number of fused-ring (bicyclic) bond motifs is 1. The van der Waals surface area contributed by atoms with Crippen LogP contribution in [0.3, 0.4) is 0 Å². The lowest BCUT2D eigenvalue weighted by Crippen LogP contribution is -2.14. The van der Waals surface area contributed by atoms with Gasteiger partial charge in [-0.05, 0) is 49.7 Å². The molecule has 0 unspecified atom stereocenters. The lowest BCUT2D eigenvalue weighted by Gasteiger charge is -2.08. The minimum atomic E-state index is -0.275.